The Labute approximate surface area is 309 Å². The Morgan fingerprint density at radius 2 is 0.593 bits per heavy atom. The lowest BCUT2D eigenvalue weighted by Gasteiger charge is -2.13. The van der Waals surface area contributed by atoms with Crippen LogP contribution in [0.15, 0.2) is 182 Å². The fourth-order valence-electron chi connectivity index (χ4n) is 8.87. The van der Waals surface area contributed by atoms with E-state index in [1.807, 2.05) is 0 Å². The first-order valence-corrected chi connectivity index (χ1v) is 18.4. The molecule has 8 aromatic carbocycles. The van der Waals surface area contributed by atoms with Crippen LogP contribution in [0.25, 0.3) is 110 Å². The molecule has 0 amide bonds. The zero-order chi connectivity index (χ0) is 35.3. The van der Waals surface area contributed by atoms with Crippen LogP contribution in [-0.2, 0) is 0 Å². The third-order valence-electron chi connectivity index (χ3n) is 11.3. The monoisotopic (exact) mass is 686 g/mol. The Kier molecular flexibility index (Phi) is 6.02. The summed E-state index contributed by atoms with van der Waals surface area (Å²) in [6, 6.07) is 65.4. The number of benzene rings is 8. The number of nitrogens with zero attached hydrogens (tertiary/aromatic N) is 4. The van der Waals surface area contributed by atoms with Gasteiger partial charge in [0, 0.05) is 43.1 Å². The zero-order valence-corrected chi connectivity index (χ0v) is 29.1. The minimum absolute atomic E-state index is 0.951. The van der Waals surface area contributed by atoms with Crippen LogP contribution in [0, 0.1) is 0 Å². The Morgan fingerprint density at radius 1 is 0.259 bits per heavy atom. The molecule has 0 atom stereocenters. The molecule has 0 N–H and O–H groups in total. The second-order valence-corrected chi connectivity index (χ2v) is 14.2. The summed E-state index contributed by atoms with van der Waals surface area (Å²) in [5, 5.41) is 11.9. The van der Waals surface area contributed by atoms with Crippen LogP contribution in [0.1, 0.15) is 0 Å². The van der Waals surface area contributed by atoms with Gasteiger partial charge >= 0.3 is 0 Å². The average Bonchev–Trinajstić information content (AvgIpc) is 3.75. The fourth-order valence-corrected chi connectivity index (χ4v) is 8.87. The standard InChI is InChI=1S/C50H30N4/c1-3-19-39-33(13-1)35-15-5-9-21-43(35)51-49(39)53-45-23-11-7-17-37(45)41-29-31(25-27-47(41)53)32-26-28-48-42(30-32)38-18-8-12-24-46(38)54(48)50-40-20-4-2-14-34(40)36-16-6-10-22-44(36)52-50/h1-30H. The summed E-state index contributed by atoms with van der Waals surface area (Å²) >= 11 is 0. The van der Waals surface area contributed by atoms with Crippen molar-refractivity contribution >= 4 is 87.0 Å². The van der Waals surface area contributed by atoms with E-state index in [2.05, 4.69) is 191 Å². The van der Waals surface area contributed by atoms with E-state index in [9.17, 15) is 0 Å². The van der Waals surface area contributed by atoms with Gasteiger partial charge in [-0.1, -0.05) is 133 Å². The second-order valence-electron chi connectivity index (χ2n) is 14.2. The molecule has 250 valence electrons. The molecule has 0 spiro atoms. The van der Waals surface area contributed by atoms with Crippen molar-refractivity contribution in [2.75, 3.05) is 0 Å². The smallest absolute Gasteiger partial charge is 0.146 e. The van der Waals surface area contributed by atoms with E-state index >= 15 is 0 Å². The summed E-state index contributed by atoms with van der Waals surface area (Å²) in [4.78, 5) is 10.6. The molecule has 4 aromatic heterocycles. The molecule has 0 aliphatic carbocycles. The number of aromatic nitrogens is 4. The van der Waals surface area contributed by atoms with Gasteiger partial charge in [0.1, 0.15) is 11.6 Å². The van der Waals surface area contributed by atoms with Gasteiger partial charge in [-0.25, -0.2) is 9.97 Å². The first-order valence-electron chi connectivity index (χ1n) is 18.4. The summed E-state index contributed by atoms with van der Waals surface area (Å²) in [6.45, 7) is 0. The van der Waals surface area contributed by atoms with Crippen LogP contribution < -0.4 is 0 Å². The maximum absolute atomic E-state index is 5.31. The second kappa shape index (κ2) is 11.1. The number of hydrogen-bond donors (Lipinski definition) is 0. The molecule has 0 bridgehead atoms. The van der Waals surface area contributed by atoms with Gasteiger partial charge in [0.15, 0.2) is 0 Å². The molecular formula is C50H30N4. The van der Waals surface area contributed by atoms with Crippen molar-refractivity contribution in [3.63, 3.8) is 0 Å². The topological polar surface area (TPSA) is 35.6 Å². The molecular weight excluding hydrogens is 657 g/mol. The summed E-state index contributed by atoms with van der Waals surface area (Å²) in [7, 11) is 0. The Bertz CT molecular complexity index is 3280. The largest absolute Gasteiger partial charge is 0.293 e. The van der Waals surface area contributed by atoms with Crippen molar-refractivity contribution in [2.24, 2.45) is 0 Å². The highest BCUT2D eigenvalue weighted by Gasteiger charge is 2.20. The Balaban J connectivity index is 1.08. The van der Waals surface area contributed by atoms with Crippen LogP contribution in [0.3, 0.4) is 0 Å². The van der Waals surface area contributed by atoms with Gasteiger partial charge in [-0.05, 0) is 70.4 Å². The molecule has 0 saturated heterocycles. The highest BCUT2D eigenvalue weighted by molar-refractivity contribution is 6.16. The molecule has 54 heavy (non-hydrogen) atoms. The fraction of sp³-hybridized carbons (Fsp3) is 0. The zero-order valence-electron chi connectivity index (χ0n) is 29.1. The van der Waals surface area contributed by atoms with Crippen molar-refractivity contribution in [2.45, 2.75) is 0 Å². The molecule has 0 unspecified atom stereocenters. The van der Waals surface area contributed by atoms with E-state index < -0.39 is 0 Å². The van der Waals surface area contributed by atoms with Gasteiger partial charge in [-0.3, -0.25) is 9.13 Å². The predicted octanol–water partition coefficient (Wildman–Crippen LogP) is 13.0. The third kappa shape index (κ3) is 4.08. The molecule has 0 radical (unpaired) electrons. The number of para-hydroxylation sites is 4. The van der Waals surface area contributed by atoms with E-state index in [0.717, 1.165) is 55.5 Å². The number of pyridine rings is 2. The molecule has 12 rings (SSSR count). The molecule has 4 nitrogen and oxygen atoms in total. The van der Waals surface area contributed by atoms with E-state index in [-0.39, 0.29) is 0 Å². The van der Waals surface area contributed by atoms with Crippen molar-refractivity contribution in [3.8, 4) is 22.8 Å². The highest BCUT2D eigenvalue weighted by Crippen LogP contribution is 2.40. The summed E-state index contributed by atoms with van der Waals surface area (Å²) < 4.78 is 4.70. The maximum Gasteiger partial charge on any atom is 0.146 e. The lowest BCUT2D eigenvalue weighted by atomic mass is 10.0. The van der Waals surface area contributed by atoms with E-state index in [1.165, 1.54) is 54.2 Å². The first-order chi connectivity index (χ1) is 26.8. The Hall–Kier alpha value is -7.30. The lowest BCUT2D eigenvalue weighted by molar-refractivity contribution is 1.12. The number of rotatable bonds is 3. The van der Waals surface area contributed by atoms with Crippen LogP contribution in [0.4, 0.5) is 0 Å². The van der Waals surface area contributed by atoms with Crippen molar-refractivity contribution in [3.05, 3.63) is 182 Å². The summed E-state index contributed by atoms with van der Waals surface area (Å²) in [5.41, 5.74) is 8.91. The summed E-state index contributed by atoms with van der Waals surface area (Å²) in [6.07, 6.45) is 0. The normalized spacial score (nSPS) is 12.1. The van der Waals surface area contributed by atoms with Crippen LogP contribution in [-0.4, -0.2) is 19.1 Å². The number of hydrogen-bond acceptors (Lipinski definition) is 2. The molecule has 4 heterocycles. The molecule has 0 aliphatic heterocycles. The maximum atomic E-state index is 5.31. The van der Waals surface area contributed by atoms with Gasteiger partial charge in [-0.2, -0.15) is 0 Å². The van der Waals surface area contributed by atoms with E-state index in [1.54, 1.807) is 0 Å². The molecule has 12 aromatic rings. The summed E-state index contributed by atoms with van der Waals surface area (Å²) in [5.74, 6) is 1.90. The minimum atomic E-state index is 0.951. The SMILES string of the molecule is c1ccc2c(c1)nc(-n1c3ccccc3c3cc(-c4ccc5c(c4)c4ccccc4n5-c4nc5ccccc5c5ccccc45)ccc31)c1ccccc12. The van der Waals surface area contributed by atoms with Gasteiger partial charge < -0.3 is 0 Å². The molecule has 0 fully saturated rings. The minimum Gasteiger partial charge on any atom is -0.293 e. The van der Waals surface area contributed by atoms with Crippen molar-refractivity contribution in [1.82, 2.24) is 19.1 Å². The quantitative estimate of drug-likeness (QED) is 0.173. The molecule has 0 saturated carbocycles. The van der Waals surface area contributed by atoms with Crippen LogP contribution in [0.5, 0.6) is 0 Å². The van der Waals surface area contributed by atoms with E-state index in [4.69, 9.17) is 9.97 Å². The van der Waals surface area contributed by atoms with Gasteiger partial charge in [0.2, 0.25) is 0 Å². The van der Waals surface area contributed by atoms with Gasteiger partial charge in [0.25, 0.3) is 0 Å². The molecule has 0 aliphatic rings. The molecule has 4 heteroatoms. The lowest BCUT2D eigenvalue weighted by Crippen LogP contribution is -2.00. The van der Waals surface area contributed by atoms with Crippen molar-refractivity contribution in [1.29, 1.82) is 0 Å². The van der Waals surface area contributed by atoms with Crippen LogP contribution >= 0.6 is 0 Å². The number of fused-ring (bicyclic) bond motifs is 12. The predicted molar refractivity (Wildman–Crippen MR) is 226 cm³/mol. The Morgan fingerprint density at radius 3 is 1.04 bits per heavy atom. The third-order valence-corrected chi connectivity index (χ3v) is 11.3. The average molecular weight is 687 g/mol. The first kappa shape index (κ1) is 29.3. The van der Waals surface area contributed by atoms with Gasteiger partial charge in [-0.15, -0.1) is 0 Å². The highest BCUT2D eigenvalue weighted by atomic mass is 15.1. The van der Waals surface area contributed by atoms with Crippen LogP contribution in [0.2, 0.25) is 0 Å². The van der Waals surface area contributed by atoms with Crippen molar-refractivity contribution < 1.29 is 0 Å². The van der Waals surface area contributed by atoms with E-state index in [0.29, 0.717) is 0 Å². The van der Waals surface area contributed by atoms with Gasteiger partial charge in [0.05, 0.1) is 33.1 Å².